The first kappa shape index (κ1) is 13.6. The number of thioether (sulfide) groups is 1. The number of hydrogen-bond acceptors (Lipinski definition) is 2. The summed E-state index contributed by atoms with van der Waals surface area (Å²) in [6, 6.07) is 8.96. The lowest BCUT2D eigenvalue weighted by atomic mass is 9.87. The minimum atomic E-state index is 0.252. The number of benzene rings is 1. The number of rotatable bonds is 5. The molecule has 0 aliphatic rings. The molecule has 0 bridgehead atoms. The average Bonchev–Trinajstić information content (AvgIpc) is 2.24. The van der Waals surface area contributed by atoms with Crippen molar-refractivity contribution in [3.63, 3.8) is 0 Å². The van der Waals surface area contributed by atoms with Gasteiger partial charge in [0.05, 0.1) is 6.61 Å². The zero-order chi connectivity index (χ0) is 12.0. The maximum Gasteiger partial charge on any atom is 0.0553 e. The normalized spacial score (nSPS) is 11.8. The molecule has 0 unspecified atom stereocenters. The molecule has 1 aromatic rings. The van der Waals surface area contributed by atoms with Crippen molar-refractivity contribution < 1.29 is 4.74 Å². The highest BCUT2D eigenvalue weighted by Gasteiger charge is 2.12. The summed E-state index contributed by atoms with van der Waals surface area (Å²) >= 11 is 1.92. The SMILES string of the molecule is COCCSCc1ccc(C(C)(C)C)cc1. The lowest BCUT2D eigenvalue weighted by Crippen LogP contribution is -2.10. The van der Waals surface area contributed by atoms with E-state index in [1.54, 1.807) is 7.11 Å². The van der Waals surface area contributed by atoms with Crippen LogP contribution >= 0.6 is 11.8 Å². The standard InChI is InChI=1S/C14H22OS/c1-14(2,3)13-7-5-12(6-8-13)11-16-10-9-15-4/h5-8H,9-11H2,1-4H3. The molecular formula is C14H22OS. The van der Waals surface area contributed by atoms with E-state index < -0.39 is 0 Å². The molecule has 1 nitrogen and oxygen atoms in total. The second kappa shape index (κ2) is 6.31. The quantitative estimate of drug-likeness (QED) is 0.720. The molecule has 2 heteroatoms. The van der Waals surface area contributed by atoms with E-state index in [-0.39, 0.29) is 5.41 Å². The first-order valence-corrected chi connectivity index (χ1v) is 6.85. The Morgan fingerprint density at radius 3 is 2.25 bits per heavy atom. The maximum atomic E-state index is 5.02. The molecule has 0 N–H and O–H groups in total. The Labute approximate surface area is 104 Å². The summed E-state index contributed by atoms with van der Waals surface area (Å²) in [6.07, 6.45) is 0. The van der Waals surface area contributed by atoms with E-state index in [0.29, 0.717) is 0 Å². The molecule has 0 radical (unpaired) electrons. The third kappa shape index (κ3) is 4.58. The topological polar surface area (TPSA) is 9.23 Å². The van der Waals surface area contributed by atoms with Crippen LogP contribution in [-0.4, -0.2) is 19.5 Å². The van der Waals surface area contributed by atoms with E-state index in [0.717, 1.165) is 18.1 Å². The fourth-order valence-electron chi connectivity index (χ4n) is 1.43. The second-order valence-corrected chi connectivity index (χ2v) is 6.10. The van der Waals surface area contributed by atoms with Crippen molar-refractivity contribution in [1.29, 1.82) is 0 Å². The lowest BCUT2D eigenvalue weighted by molar-refractivity contribution is 0.218. The molecule has 0 aliphatic heterocycles. The van der Waals surface area contributed by atoms with Crippen molar-refractivity contribution in [3.8, 4) is 0 Å². The molecule has 0 heterocycles. The van der Waals surface area contributed by atoms with Crippen LogP contribution in [0.3, 0.4) is 0 Å². The monoisotopic (exact) mass is 238 g/mol. The number of hydrogen-bond donors (Lipinski definition) is 0. The van der Waals surface area contributed by atoms with E-state index in [4.69, 9.17) is 4.74 Å². The van der Waals surface area contributed by atoms with Gasteiger partial charge in [0.1, 0.15) is 0 Å². The fourth-order valence-corrected chi connectivity index (χ4v) is 2.29. The van der Waals surface area contributed by atoms with Crippen LogP contribution in [0.4, 0.5) is 0 Å². The summed E-state index contributed by atoms with van der Waals surface area (Å²) in [6.45, 7) is 7.57. The molecule has 1 aromatic carbocycles. The first-order valence-electron chi connectivity index (χ1n) is 5.70. The number of methoxy groups -OCH3 is 1. The molecule has 90 valence electrons. The van der Waals surface area contributed by atoms with E-state index in [1.165, 1.54) is 11.1 Å². The summed E-state index contributed by atoms with van der Waals surface area (Å²) in [5, 5.41) is 0. The van der Waals surface area contributed by atoms with Crippen molar-refractivity contribution in [2.45, 2.75) is 31.9 Å². The highest BCUT2D eigenvalue weighted by Crippen LogP contribution is 2.23. The van der Waals surface area contributed by atoms with Crippen molar-refractivity contribution in [2.24, 2.45) is 0 Å². The minimum absolute atomic E-state index is 0.252. The van der Waals surface area contributed by atoms with Crippen molar-refractivity contribution in [3.05, 3.63) is 35.4 Å². The van der Waals surface area contributed by atoms with Gasteiger partial charge in [0.2, 0.25) is 0 Å². The Bertz CT molecular complexity index is 298. The molecular weight excluding hydrogens is 216 g/mol. The Balaban J connectivity index is 2.46. The predicted molar refractivity (Wildman–Crippen MR) is 73.2 cm³/mol. The third-order valence-corrected chi connectivity index (χ3v) is 3.51. The molecule has 1 rings (SSSR count). The highest BCUT2D eigenvalue weighted by atomic mass is 32.2. The molecule has 0 aromatic heterocycles. The van der Waals surface area contributed by atoms with E-state index in [9.17, 15) is 0 Å². The third-order valence-electron chi connectivity index (χ3n) is 2.52. The largest absolute Gasteiger partial charge is 0.384 e. The van der Waals surface area contributed by atoms with Crippen LogP contribution in [0.2, 0.25) is 0 Å². The van der Waals surface area contributed by atoms with Crippen molar-refractivity contribution in [2.75, 3.05) is 19.5 Å². The second-order valence-electron chi connectivity index (χ2n) is 4.99. The summed E-state index contributed by atoms with van der Waals surface area (Å²) in [7, 11) is 1.75. The number of ether oxygens (including phenoxy) is 1. The van der Waals surface area contributed by atoms with Gasteiger partial charge in [-0.25, -0.2) is 0 Å². The van der Waals surface area contributed by atoms with Gasteiger partial charge >= 0.3 is 0 Å². The maximum absolute atomic E-state index is 5.02. The van der Waals surface area contributed by atoms with Gasteiger partial charge < -0.3 is 4.74 Å². The van der Waals surface area contributed by atoms with Gasteiger partial charge in [-0.05, 0) is 16.5 Å². The molecule has 0 spiro atoms. The van der Waals surface area contributed by atoms with Gasteiger partial charge in [0.15, 0.2) is 0 Å². The first-order chi connectivity index (χ1) is 7.54. The molecule has 16 heavy (non-hydrogen) atoms. The molecule has 0 atom stereocenters. The van der Waals surface area contributed by atoms with Crippen molar-refractivity contribution >= 4 is 11.8 Å². The van der Waals surface area contributed by atoms with Crippen LogP contribution in [0.15, 0.2) is 24.3 Å². The van der Waals surface area contributed by atoms with E-state index in [2.05, 4.69) is 45.0 Å². The molecule has 0 aliphatic carbocycles. The van der Waals surface area contributed by atoms with E-state index in [1.807, 2.05) is 11.8 Å². The minimum Gasteiger partial charge on any atom is -0.384 e. The van der Waals surface area contributed by atoms with Crippen LogP contribution in [-0.2, 0) is 15.9 Å². The molecule has 0 amide bonds. The van der Waals surface area contributed by atoms with Gasteiger partial charge in [0, 0.05) is 18.6 Å². The Morgan fingerprint density at radius 1 is 1.12 bits per heavy atom. The molecule has 0 saturated heterocycles. The van der Waals surface area contributed by atoms with Gasteiger partial charge in [-0.3, -0.25) is 0 Å². The van der Waals surface area contributed by atoms with Crippen molar-refractivity contribution in [1.82, 2.24) is 0 Å². The summed E-state index contributed by atoms with van der Waals surface area (Å²) in [5.41, 5.74) is 3.05. The van der Waals surface area contributed by atoms with Crippen LogP contribution in [0.25, 0.3) is 0 Å². The molecule has 0 fully saturated rings. The fraction of sp³-hybridized carbons (Fsp3) is 0.571. The van der Waals surface area contributed by atoms with Crippen LogP contribution in [0.1, 0.15) is 31.9 Å². The predicted octanol–water partition coefficient (Wildman–Crippen LogP) is 3.86. The Kier molecular flexibility index (Phi) is 5.36. The average molecular weight is 238 g/mol. The summed E-state index contributed by atoms with van der Waals surface area (Å²) < 4.78 is 5.02. The summed E-state index contributed by atoms with van der Waals surface area (Å²) in [4.78, 5) is 0. The zero-order valence-electron chi connectivity index (χ0n) is 10.7. The van der Waals surface area contributed by atoms with Crippen LogP contribution < -0.4 is 0 Å². The van der Waals surface area contributed by atoms with Crippen LogP contribution in [0, 0.1) is 0 Å². The smallest absolute Gasteiger partial charge is 0.0553 e. The van der Waals surface area contributed by atoms with Crippen LogP contribution in [0.5, 0.6) is 0 Å². The Hall–Kier alpha value is -0.470. The Morgan fingerprint density at radius 2 is 1.75 bits per heavy atom. The van der Waals surface area contributed by atoms with Gasteiger partial charge in [-0.1, -0.05) is 45.0 Å². The summed E-state index contributed by atoms with van der Waals surface area (Å²) in [5.74, 6) is 2.14. The lowest BCUT2D eigenvalue weighted by Gasteiger charge is -2.19. The zero-order valence-corrected chi connectivity index (χ0v) is 11.6. The highest BCUT2D eigenvalue weighted by molar-refractivity contribution is 7.98. The van der Waals surface area contributed by atoms with Gasteiger partial charge in [0.25, 0.3) is 0 Å². The van der Waals surface area contributed by atoms with E-state index >= 15 is 0 Å². The van der Waals surface area contributed by atoms with Gasteiger partial charge in [-0.2, -0.15) is 11.8 Å². The molecule has 0 saturated carbocycles. The van der Waals surface area contributed by atoms with Gasteiger partial charge in [-0.15, -0.1) is 0 Å².